The fourth-order valence-corrected chi connectivity index (χ4v) is 8.43. The average Bonchev–Trinajstić information content (AvgIpc) is 3.74. The number of furan rings is 2. The molecule has 0 atom stereocenters. The molecule has 0 aliphatic rings. The molecule has 0 N–H and O–H groups in total. The highest BCUT2D eigenvalue weighted by atomic mass is 16.4. The van der Waals surface area contributed by atoms with E-state index in [4.69, 9.17) is 8.83 Å². The van der Waals surface area contributed by atoms with E-state index >= 15 is 0 Å². The van der Waals surface area contributed by atoms with Gasteiger partial charge in [-0.1, -0.05) is 72.8 Å². The van der Waals surface area contributed by atoms with Gasteiger partial charge < -0.3 is 18.6 Å². The summed E-state index contributed by atoms with van der Waals surface area (Å²) < 4.78 is 13.9. The van der Waals surface area contributed by atoms with Crippen LogP contribution in [0.3, 0.4) is 0 Å². The Hall–Kier alpha value is -6.78. The number of rotatable bonds is 6. The van der Waals surface area contributed by atoms with E-state index in [1.807, 2.05) is 0 Å². The van der Waals surface area contributed by atoms with Crippen molar-refractivity contribution in [2.45, 2.75) is 27.7 Å². The van der Waals surface area contributed by atoms with Crippen LogP contribution in [0.25, 0.3) is 54.6 Å². The number of hydrogen-bond donors (Lipinski definition) is 0. The number of nitrogens with zero attached hydrogens (tertiary/aromatic N) is 2. The average molecular weight is 699 g/mol. The molecule has 2 aromatic heterocycles. The fourth-order valence-electron chi connectivity index (χ4n) is 8.43. The summed E-state index contributed by atoms with van der Waals surface area (Å²) >= 11 is 0. The van der Waals surface area contributed by atoms with Crippen molar-refractivity contribution in [2.24, 2.45) is 0 Å². The van der Waals surface area contributed by atoms with Crippen LogP contribution in [-0.4, -0.2) is 0 Å². The summed E-state index contributed by atoms with van der Waals surface area (Å²) in [5.41, 5.74) is 14.5. The molecule has 0 spiro atoms. The van der Waals surface area contributed by atoms with Gasteiger partial charge in [-0.25, -0.2) is 0 Å². The maximum atomic E-state index is 6.93. The standard InChI is InChI=1S/C50H38N2O2/c1-31-23-32(2)26-39(25-31)51(35-13-7-5-8-14-35)37-19-21-43-45(29-37)53-49-47(43)41-17-11-12-18-42(41)48-44-22-20-38(30-46(44)54-50(48)49)52(36-15-9-6-10-16-36)40-27-33(3)24-34(4)28-40/h5-30H,1-4H3. The largest absolute Gasteiger partial charge is 0.452 e. The van der Waals surface area contributed by atoms with Crippen LogP contribution in [0.4, 0.5) is 34.1 Å². The lowest BCUT2D eigenvalue weighted by atomic mass is 9.98. The number of hydrogen-bond acceptors (Lipinski definition) is 4. The highest BCUT2D eigenvalue weighted by molar-refractivity contribution is 6.33. The van der Waals surface area contributed by atoms with Gasteiger partial charge in [-0.3, -0.25) is 0 Å². The number of benzene rings is 8. The summed E-state index contributed by atoms with van der Waals surface area (Å²) in [4.78, 5) is 4.61. The summed E-state index contributed by atoms with van der Waals surface area (Å²) in [6.45, 7) is 8.60. The molecule has 0 radical (unpaired) electrons. The van der Waals surface area contributed by atoms with Crippen LogP contribution in [0.5, 0.6) is 0 Å². The normalized spacial score (nSPS) is 11.7. The molecule has 0 saturated carbocycles. The van der Waals surface area contributed by atoms with Gasteiger partial charge >= 0.3 is 0 Å². The lowest BCUT2D eigenvalue weighted by Gasteiger charge is -2.26. The van der Waals surface area contributed by atoms with Crippen LogP contribution in [0.15, 0.2) is 167 Å². The monoisotopic (exact) mass is 698 g/mol. The van der Waals surface area contributed by atoms with Crippen molar-refractivity contribution in [3.05, 3.63) is 180 Å². The quantitative estimate of drug-likeness (QED) is 0.173. The van der Waals surface area contributed by atoms with E-state index in [2.05, 4.69) is 195 Å². The molecule has 0 bridgehead atoms. The molecule has 10 rings (SSSR count). The second kappa shape index (κ2) is 12.4. The molecule has 0 unspecified atom stereocenters. The molecule has 4 heteroatoms. The van der Waals surface area contributed by atoms with Gasteiger partial charge in [0.05, 0.1) is 0 Å². The van der Waals surface area contributed by atoms with Crippen LogP contribution in [-0.2, 0) is 0 Å². The van der Waals surface area contributed by atoms with Gasteiger partial charge in [0.15, 0.2) is 11.2 Å². The van der Waals surface area contributed by atoms with Crippen molar-refractivity contribution in [2.75, 3.05) is 9.80 Å². The first-order chi connectivity index (χ1) is 26.4. The van der Waals surface area contributed by atoms with Gasteiger partial charge in [-0.15, -0.1) is 0 Å². The van der Waals surface area contributed by atoms with Crippen LogP contribution in [0, 0.1) is 27.7 Å². The molecule has 2 heterocycles. The molecule has 0 aliphatic carbocycles. The summed E-state index contributed by atoms with van der Waals surface area (Å²) in [5, 5.41) is 6.55. The molecule has 0 amide bonds. The minimum atomic E-state index is 0.764. The van der Waals surface area contributed by atoms with Gasteiger partial charge in [0.25, 0.3) is 0 Å². The molecule has 0 fully saturated rings. The third-order valence-electron chi connectivity index (χ3n) is 10.5. The minimum Gasteiger partial charge on any atom is -0.452 e. The summed E-state index contributed by atoms with van der Waals surface area (Å²) in [6.07, 6.45) is 0. The molecular weight excluding hydrogens is 661 g/mol. The van der Waals surface area contributed by atoms with Crippen LogP contribution in [0.2, 0.25) is 0 Å². The van der Waals surface area contributed by atoms with E-state index in [0.717, 1.165) is 88.8 Å². The molecule has 54 heavy (non-hydrogen) atoms. The van der Waals surface area contributed by atoms with Crippen molar-refractivity contribution in [3.8, 4) is 0 Å². The molecule has 4 nitrogen and oxygen atoms in total. The second-order valence-electron chi connectivity index (χ2n) is 14.6. The van der Waals surface area contributed by atoms with E-state index in [1.54, 1.807) is 0 Å². The smallest absolute Gasteiger partial charge is 0.179 e. The zero-order valence-corrected chi connectivity index (χ0v) is 30.7. The Bertz CT molecular complexity index is 2800. The lowest BCUT2D eigenvalue weighted by Crippen LogP contribution is -2.10. The Balaban J connectivity index is 1.20. The first-order valence-electron chi connectivity index (χ1n) is 18.5. The van der Waals surface area contributed by atoms with Crippen molar-refractivity contribution in [1.29, 1.82) is 0 Å². The minimum absolute atomic E-state index is 0.764. The highest BCUT2D eigenvalue weighted by Gasteiger charge is 2.23. The van der Waals surface area contributed by atoms with E-state index in [-0.39, 0.29) is 0 Å². The predicted octanol–water partition coefficient (Wildman–Crippen LogP) is 14.8. The van der Waals surface area contributed by atoms with Gasteiger partial charge in [-0.2, -0.15) is 0 Å². The number of para-hydroxylation sites is 2. The van der Waals surface area contributed by atoms with Crippen molar-refractivity contribution < 1.29 is 8.83 Å². The van der Waals surface area contributed by atoms with E-state index in [0.29, 0.717) is 0 Å². The Labute approximate surface area is 314 Å². The van der Waals surface area contributed by atoms with E-state index < -0.39 is 0 Å². The maximum Gasteiger partial charge on any atom is 0.179 e. The Morgan fingerprint density at radius 2 is 0.685 bits per heavy atom. The Morgan fingerprint density at radius 3 is 1.07 bits per heavy atom. The van der Waals surface area contributed by atoms with Gasteiger partial charge in [0, 0.05) is 67.8 Å². The first kappa shape index (κ1) is 31.9. The third kappa shape index (κ3) is 5.21. The molecular formula is C50H38N2O2. The topological polar surface area (TPSA) is 32.8 Å². The fraction of sp³-hybridized carbons (Fsp3) is 0.0800. The summed E-state index contributed by atoms with van der Waals surface area (Å²) in [5.74, 6) is 0. The predicted molar refractivity (Wildman–Crippen MR) is 227 cm³/mol. The van der Waals surface area contributed by atoms with Crippen LogP contribution < -0.4 is 9.80 Å². The zero-order valence-electron chi connectivity index (χ0n) is 30.7. The SMILES string of the molecule is Cc1cc(C)cc(N(c2ccccc2)c2ccc3c(c2)oc2c4oc5cc(N(c6ccccc6)c6cc(C)cc(C)c6)ccc5c4c4ccccc4c32)c1. The zero-order chi connectivity index (χ0) is 36.5. The Kier molecular flexibility index (Phi) is 7.34. The van der Waals surface area contributed by atoms with Crippen molar-refractivity contribution in [3.63, 3.8) is 0 Å². The van der Waals surface area contributed by atoms with E-state index in [9.17, 15) is 0 Å². The van der Waals surface area contributed by atoms with Crippen molar-refractivity contribution >= 4 is 88.8 Å². The number of fused-ring (bicyclic) bond motifs is 10. The highest BCUT2D eigenvalue weighted by Crippen LogP contribution is 2.47. The summed E-state index contributed by atoms with van der Waals surface area (Å²) in [6, 6.07) is 56.2. The van der Waals surface area contributed by atoms with Crippen molar-refractivity contribution in [1.82, 2.24) is 0 Å². The lowest BCUT2D eigenvalue weighted by molar-refractivity contribution is 0.633. The molecule has 260 valence electrons. The molecule has 0 saturated heterocycles. The second-order valence-corrected chi connectivity index (χ2v) is 14.6. The maximum absolute atomic E-state index is 6.93. The van der Waals surface area contributed by atoms with Crippen LogP contribution >= 0.6 is 0 Å². The first-order valence-corrected chi connectivity index (χ1v) is 18.5. The van der Waals surface area contributed by atoms with Gasteiger partial charge in [0.2, 0.25) is 0 Å². The van der Waals surface area contributed by atoms with Crippen LogP contribution in [0.1, 0.15) is 22.3 Å². The van der Waals surface area contributed by atoms with E-state index in [1.165, 1.54) is 22.3 Å². The molecule has 8 aromatic carbocycles. The number of aryl methyl sites for hydroxylation is 4. The van der Waals surface area contributed by atoms with Gasteiger partial charge in [-0.05, 0) is 134 Å². The molecule has 10 aromatic rings. The van der Waals surface area contributed by atoms with Gasteiger partial charge in [0.1, 0.15) is 11.2 Å². The third-order valence-corrected chi connectivity index (χ3v) is 10.5. The number of anilines is 6. The Morgan fingerprint density at radius 1 is 0.315 bits per heavy atom. The summed E-state index contributed by atoms with van der Waals surface area (Å²) in [7, 11) is 0. The molecule has 0 aliphatic heterocycles.